The molecule has 1 aromatic rings. The van der Waals surface area contributed by atoms with E-state index in [1.807, 2.05) is 0 Å². The van der Waals surface area contributed by atoms with Crippen LogP contribution < -0.4 is 5.32 Å². The average Bonchev–Trinajstić information content (AvgIpc) is 2.65. The number of nitrogens with zero attached hydrogens (tertiary/aromatic N) is 2. The number of rotatable bonds is 2. The van der Waals surface area contributed by atoms with Crippen molar-refractivity contribution in [1.82, 2.24) is 10.2 Å². The van der Waals surface area contributed by atoms with E-state index in [9.17, 15) is 0 Å². The second-order valence-corrected chi connectivity index (χ2v) is 5.37. The Morgan fingerprint density at radius 1 is 1.73 bits per heavy atom. The van der Waals surface area contributed by atoms with Crippen molar-refractivity contribution < 1.29 is 0 Å². The van der Waals surface area contributed by atoms with Gasteiger partial charge in [0.25, 0.3) is 0 Å². The number of halogens is 1. The summed E-state index contributed by atoms with van der Waals surface area (Å²) >= 11 is 5.26. The Morgan fingerprint density at radius 3 is 3.27 bits per heavy atom. The third-order valence-corrected chi connectivity index (χ3v) is 4.45. The molecule has 1 saturated heterocycles. The Labute approximate surface area is 102 Å². The van der Waals surface area contributed by atoms with E-state index in [-0.39, 0.29) is 6.04 Å². The van der Waals surface area contributed by atoms with E-state index in [4.69, 9.17) is 5.26 Å². The highest BCUT2D eigenvalue weighted by molar-refractivity contribution is 9.10. The SMILES string of the molecule is N#CC1CNCCN1Cc1sccc1Br. The van der Waals surface area contributed by atoms with Gasteiger partial charge < -0.3 is 5.32 Å². The lowest BCUT2D eigenvalue weighted by molar-refractivity contribution is 0.190. The van der Waals surface area contributed by atoms with Crippen LogP contribution in [0.4, 0.5) is 0 Å². The van der Waals surface area contributed by atoms with E-state index in [0.717, 1.165) is 30.7 Å². The molecule has 5 heteroatoms. The molecular formula is C10H12BrN3S. The van der Waals surface area contributed by atoms with Gasteiger partial charge in [0.15, 0.2) is 0 Å². The number of piperazine rings is 1. The van der Waals surface area contributed by atoms with Crippen LogP contribution in [0.3, 0.4) is 0 Å². The van der Waals surface area contributed by atoms with Crippen molar-refractivity contribution in [2.45, 2.75) is 12.6 Å². The molecule has 80 valence electrons. The highest BCUT2D eigenvalue weighted by atomic mass is 79.9. The zero-order chi connectivity index (χ0) is 10.7. The molecule has 1 atom stereocenters. The highest BCUT2D eigenvalue weighted by Gasteiger charge is 2.22. The Hall–Kier alpha value is -0.410. The van der Waals surface area contributed by atoms with E-state index in [2.05, 4.69) is 43.7 Å². The van der Waals surface area contributed by atoms with E-state index in [1.165, 1.54) is 4.88 Å². The minimum absolute atomic E-state index is 0.00718. The lowest BCUT2D eigenvalue weighted by Crippen LogP contribution is -2.49. The van der Waals surface area contributed by atoms with Crippen LogP contribution in [-0.4, -0.2) is 30.6 Å². The van der Waals surface area contributed by atoms with Gasteiger partial charge in [-0.3, -0.25) is 4.90 Å². The first-order valence-corrected chi connectivity index (χ1v) is 6.55. The van der Waals surface area contributed by atoms with Gasteiger partial charge in [0.1, 0.15) is 6.04 Å². The van der Waals surface area contributed by atoms with Gasteiger partial charge in [0.05, 0.1) is 6.07 Å². The van der Waals surface area contributed by atoms with Gasteiger partial charge in [-0.25, -0.2) is 0 Å². The summed E-state index contributed by atoms with van der Waals surface area (Å²) in [4.78, 5) is 3.53. The summed E-state index contributed by atoms with van der Waals surface area (Å²) in [5.74, 6) is 0. The first-order chi connectivity index (χ1) is 7.31. The van der Waals surface area contributed by atoms with E-state index in [0.29, 0.717) is 0 Å². The Morgan fingerprint density at radius 2 is 2.60 bits per heavy atom. The number of nitrogens with one attached hydrogen (secondary N) is 1. The van der Waals surface area contributed by atoms with Crippen molar-refractivity contribution in [1.29, 1.82) is 5.26 Å². The molecule has 3 nitrogen and oxygen atoms in total. The number of thiophene rings is 1. The molecule has 2 rings (SSSR count). The van der Waals surface area contributed by atoms with Crippen molar-refractivity contribution in [2.75, 3.05) is 19.6 Å². The van der Waals surface area contributed by atoms with Crippen molar-refractivity contribution in [3.63, 3.8) is 0 Å². The molecule has 0 aromatic carbocycles. The second kappa shape index (κ2) is 5.08. The van der Waals surface area contributed by atoms with Crippen LogP contribution in [0.1, 0.15) is 4.88 Å². The van der Waals surface area contributed by atoms with Crippen LogP contribution in [0.5, 0.6) is 0 Å². The molecule has 1 aromatic heterocycles. The Kier molecular flexibility index (Phi) is 3.76. The molecule has 1 aliphatic rings. The maximum absolute atomic E-state index is 9.02. The molecule has 0 aliphatic carbocycles. The van der Waals surface area contributed by atoms with Crippen molar-refractivity contribution in [3.05, 3.63) is 20.8 Å². The quantitative estimate of drug-likeness (QED) is 0.901. The number of hydrogen-bond donors (Lipinski definition) is 1. The third-order valence-electron chi connectivity index (χ3n) is 2.54. The van der Waals surface area contributed by atoms with Crippen molar-refractivity contribution in [2.24, 2.45) is 0 Å². The van der Waals surface area contributed by atoms with Crippen LogP contribution in [0.25, 0.3) is 0 Å². The lowest BCUT2D eigenvalue weighted by atomic mass is 10.2. The third kappa shape index (κ3) is 2.58. The van der Waals surface area contributed by atoms with Crippen molar-refractivity contribution in [3.8, 4) is 6.07 Å². The summed E-state index contributed by atoms with van der Waals surface area (Å²) in [6, 6.07) is 4.40. The summed E-state index contributed by atoms with van der Waals surface area (Å²) < 4.78 is 1.16. The molecular weight excluding hydrogens is 274 g/mol. The van der Waals surface area contributed by atoms with Crippen LogP contribution in [0.2, 0.25) is 0 Å². The fourth-order valence-electron chi connectivity index (χ4n) is 1.69. The number of nitriles is 1. The fraction of sp³-hybridized carbons (Fsp3) is 0.500. The summed E-state index contributed by atoms with van der Waals surface area (Å²) in [5.41, 5.74) is 0. The first-order valence-electron chi connectivity index (χ1n) is 4.87. The number of hydrogen-bond acceptors (Lipinski definition) is 4. The molecule has 0 saturated carbocycles. The lowest BCUT2D eigenvalue weighted by Gasteiger charge is -2.31. The zero-order valence-electron chi connectivity index (χ0n) is 8.24. The van der Waals surface area contributed by atoms with Crippen LogP contribution in [-0.2, 0) is 6.54 Å². The predicted octanol–water partition coefficient (Wildman–Crippen LogP) is 1.81. The first kappa shape index (κ1) is 11.1. The van der Waals surface area contributed by atoms with Gasteiger partial charge in [-0.05, 0) is 27.4 Å². The molecule has 1 unspecified atom stereocenters. The highest BCUT2D eigenvalue weighted by Crippen LogP contribution is 2.24. The summed E-state index contributed by atoms with van der Waals surface area (Å²) in [7, 11) is 0. The van der Waals surface area contributed by atoms with Gasteiger partial charge in [-0.1, -0.05) is 0 Å². The molecule has 0 amide bonds. The summed E-state index contributed by atoms with van der Waals surface area (Å²) in [6.07, 6.45) is 0. The largest absolute Gasteiger partial charge is 0.313 e. The smallest absolute Gasteiger partial charge is 0.111 e. The molecule has 1 N–H and O–H groups in total. The predicted molar refractivity (Wildman–Crippen MR) is 64.7 cm³/mol. The van der Waals surface area contributed by atoms with Crippen LogP contribution in [0, 0.1) is 11.3 Å². The van der Waals surface area contributed by atoms with E-state index in [1.54, 1.807) is 11.3 Å². The van der Waals surface area contributed by atoms with Gasteiger partial charge in [0, 0.05) is 35.5 Å². The zero-order valence-corrected chi connectivity index (χ0v) is 10.6. The Balaban J connectivity index is 2.04. The maximum Gasteiger partial charge on any atom is 0.111 e. The molecule has 1 aliphatic heterocycles. The standard InChI is InChI=1S/C10H12BrN3S/c11-9-1-4-15-10(9)7-14-3-2-13-6-8(14)5-12/h1,4,8,13H,2-3,6-7H2. The molecule has 15 heavy (non-hydrogen) atoms. The maximum atomic E-state index is 9.02. The molecule has 1 fully saturated rings. The minimum Gasteiger partial charge on any atom is -0.313 e. The minimum atomic E-state index is 0.00718. The van der Waals surface area contributed by atoms with Crippen LogP contribution in [0.15, 0.2) is 15.9 Å². The van der Waals surface area contributed by atoms with Gasteiger partial charge in [-0.15, -0.1) is 11.3 Å². The van der Waals surface area contributed by atoms with Gasteiger partial charge >= 0.3 is 0 Å². The van der Waals surface area contributed by atoms with Gasteiger partial charge in [-0.2, -0.15) is 5.26 Å². The monoisotopic (exact) mass is 285 g/mol. The normalized spacial score (nSPS) is 22.5. The van der Waals surface area contributed by atoms with E-state index < -0.39 is 0 Å². The molecule has 0 radical (unpaired) electrons. The fourth-order valence-corrected chi connectivity index (χ4v) is 3.19. The second-order valence-electron chi connectivity index (χ2n) is 3.51. The summed E-state index contributed by atoms with van der Waals surface area (Å²) in [6.45, 7) is 3.57. The van der Waals surface area contributed by atoms with Crippen LogP contribution >= 0.6 is 27.3 Å². The average molecular weight is 286 g/mol. The van der Waals surface area contributed by atoms with Gasteiger partial charge in [0.2, 0.25) is 0 Å². The topological polar surface area (TPSA) is 39.1 Å². The molecule has 0 bridgehead atoms. The molecule has 0 spiro atoms. The van der Waals surface area contributed by atoms with Crippen molar-refractivity contribution >= 4 is 27.3 Å². The molecule has 2 heterocycles. The Bertz CT molecular complexity index is 371. The summed E-state index contributed by atoms with van der Waals surface area (Å²) in [5, 5.41) is 14.3. The van der Waals surface area contributed by atoms with E-state index >= 15 is 0 Å².